The second-order valence-corrected chi connectivity index (χ2v) is 4.34. The minimum atomic E-state index is 0.802. The first-order valence-corrected chi connectivity index (χ1v) is 6.50. The molecule has 2 heteroatoms. The van der Waals surface area contributed by atoms with Crippen LogP contribution in [0.15, 0.2) is 48.7 Å². The molecule has 0 unspecified atom stereocenters. The summed E-state index contributed by atoms with van der Waals surface area (Å²) in [5.41, 5.74) is 2.36. The van der Waals surface area contributed by atoms with E-state index in [1.54, 1.807) is 0 Å². The molecule has 0 aliphatic rings. The highest BCUT2D eigenvalue weighted by Crippen LogP contribution is 2.14. The van der Waals surface area contributed by atoms with E-state index in [2.05, 4.69) is 24.0 Å². The topological polar surface area (TPSA) is 22.1 Å². The molecule has 94 valence electrons. The van der Waals surface area contributed by atoms with Crippen LogP contribution >= 0.6 is 0 Å². The highest BCUT2D eigenvalue weighted by Gasteiger charge is 1.98. The number of nitrogens with zero attached hydrogens (tertiary/aromatic N) is 1. The highest BCUT2D eigenvalue weighted by molar-refractivity contribution is 5.29. The average molecular weight is 241 g/mol. The fourth-order valence-electron chi connectivity index (χ4n) is 1.75. The van der Waals surface area contributed by atoms with Crippen molar-refractivity contribution in [3.63, 3.8) is 0 Å². The lowest BCUT2D eigenvalue weighted by Gasteiger charge is -2.06. The third kappa shape index (κ3) is 3.88. The van der Waals surface area contributed by atoms with Gasteiger partial charge in [-0.15, -0.1) is 0 Å². The molecule has 0 aliphatic heterocycles. The Bertz CT molecular complexity index is 450. The summed E-state index contributed by atoms with van der Waals surface area (Å²) >= 11 is 0. The molecule has 2 rings (SSSR count). The van der Waals surface area contributed by atoms with Gasteiger partial charge in [-0.25, -0.2) is 0 Å². The van der Waals surface area contributed by atoms with Crippen LogP contribution in [0.5, 0.6) is 5.75 Å². The van der Waals surface area contributed by atoms with Gasteiger partial charge < -0.3 is 4.74 Å². The van der Waals surface area contributed by atoms with E-state index in [4.69, 9.17) is 4.74 Å². The number of unbranched alkanes of at least 4 members (excludes halogenated alkanes) is 1. The minimum absolute atomic E-state index is 0.802. The number of hydrogen-bond acceptors (Lipinski definition) is 2. The summed E-state index contributed by atoms with van der Waals surface area (Å²) in [5.74, 6) is 0.952. The summed E-state index contributed by atoms with van der Waals surface area (Å²) in [6.07, 6.45) is 4.97. The SMILES string of the molecule is CCCCOc1ccc(Cc2ccccn2)cc1. The first kappa shape index (κ1) is 12.6. The van der Waals surface area contributed by atoms with Crippen LogP contribution in [0.2, 0.25) is 0 Å². The second kappa shape index (κ2) is 6.80. The van der Waals surface area contributed by atoms with Gasteiger partial charge in [-0.05, 0) is 36.2 Å². The summed E-state index contributed by atoms with van der Waals surface area (Å²) in [7, 11) is 0. The Hall–Kier alpha value is -1.83. The van der Waals surface area contributed by atoms with Crippen LogP contribution in [-0.2, 0) is 6.42 Å². The molecular weight excluding hydrogens is 222 g/mol. The van der Waals surface area contributed by atoms with Gasteiger partial charge in [-0.1, -0.05) is 31.5 Å². The van der Waals surface area contributed by atoms with E-state index in [-0.39, 0.29) is 0 Å². The highest BCUT2D eigenvalue weighted by atomic mass is 16.5. The van der Waals surface area contributed by atoms with Crippen LogP contribution in [0, 0.1) is 0 Å². The summed E-state index contributed by atoms with van der Waals surface area (Å²) in [6, 6.07) is 14.3. The van der Waals surface area contributed by atoms with Crippen molar-refractivity contribution in [3.8, 4) is 5.75 Å². The van der Waals surface area contributed by atoms with Crippen LogP contribution in [0.1, 0.15) is 31.0 Å². The second-order valence-electron chi connectivity index (χ2n) is 4.34. The van der Waals surface area contributed by atoms with Gasteiger partial charge >= 0.3 is 0 Å². The van der Waals surface area contributed by atoms with Crippen molar-refractivity contribution in [1.82, 2.24) is 4.98 Å². The maximum absolute atomic E-state index is 5.64. The Morgan fingerprint density at radius 3 is 2.56 bits per heavy atom. The molecule has 1 aromatic heterocycles. The van der Waals surface area contributed by atoms with E-state index < -0.39 is 0 Å². The van der Waals surface area contributed by atoms with Gasteiger partial charge in [0.25, 0.3) is 0 Å². The van der Waals surface area contributed by atoms with Gasteiger partial charge in [-0.3, -0.25) is 4.98 Å². The van der Waals surface area contributed by atoms with Crippen LogP contribution in [0.4, 0.5) is 0 Å². The van der Waals surface area contributed by atoms with Gasteiger partial charge in [0.15, 0.2) is 0 Å². The van der Waals surface area contributed by atoms with Crippen molar-refractivity contribution in [2.24, 2.45) is 0 Å². The molecule has 2 aromatic rings. The third-order valence-electron chi connectivity index (χ3n) is 2.80. The molecule has 0 aliphatic carbocycles. The van der Waals surface area contributed by atoms with E-state index in [0.717, 1.165) is 37.3 Å². The smallest absolute Gasteiger partial charge is 0.119 e. The number of benzene rings is 1. The Kier molecular flexibility index (Phi) is 4.77. The van der Waals surface area contributed by atoms with Gasteiger partial charge in [0.05, 0.1) is 6.61 Å². The van der Waals surface area contributed by atoms with Crippen molar-refractivity contribution in [1.29, 1.82) is 0 Å². The van der Waals surface area contributed by atoms with Crippen molar-refractivity contribution in [2.45, 2.75) is 26.2 Å². The Morgan fingerprint density at radius 1 is 1.06 bits per heavy atom. The number of ether oxygens (including phenoxy) is 1. The summed E-state index contributed by atoms with van der Waals surface area (Å²) in [4.78, 5) is 4.33. The van der Waals surface area contributed by atoms with E-state index in [9.17, 15) is 0 Å². The molecule has 0 saturated heterocycles. The molecule has 0 N–H and O–H groups in total. The van der Waals surface area contributed by atoms with Crippen molar-refractivity contribution >= 4 is 0 Å². The predicted octanol–water partition coefficient (Wildman–Crippen LogP) is 3.85. The molecular formula is C16H19NO. The fourth-order valence-corrected chi connectivity index (χ4v) is 1.75. The maximum Gasteiger partial charge on any atom is 0.119 e. The number of aromatic nitrogens is 1. The van der Waals surface area contributed by atoms with E-state index in [0.29, 0.717) is 0 Å². The number of hydrogen-bond donors (Lipinski definition) is 0. The first-order valence-electron chi connectivity index (χ1n) is 6.50. The normalized spacial score (nSPS) is 10.3. The molecule has 0 fully saturated rings. The summed E-state index contributed by atoms with van der Waals surface area (Å²) < 4.78 is 5.64. The lowest BCUT2D eigenvalue weighted by atomic mass is 10.1. The van der Waals surface area contributed by atoms with Crippen molar-refractivity contribution in [2.75, 3.05) is 6.61 Å². The molecule has 0 amide bonds. The third-order valence-corrected chi connectivity index (χ3v) is 2.80. The molecule has 1 heterocycles. The zero-order valence-electron chi connectivity index (χ0n) is 10.8. The fraction of sp³-hybridized carbons (Fsp3) is 0.312. The number of pyridine rings is 1. The lowest BCUT2D eigenvalue weighted by Crippen LogP contribution is -1.97. The van der Waals surface area contributed by atoms with Crippen LogP contribution in [-0.4, -0.2) is 11.6 Å². The Labute approximate surface area is 109 Å². The molecule has 2 nitrogen and oxygen atoms in total. The van der Waals surface area contributed by atoms with E-state index >= 15 is 0 Å². The Balaban J connectivity index is 1.91. The van der Waals surface area contributed by atoms with Crippen LogP contribution < -0.4 is 4.74 Å². The van der Waals surface area contributed by atoms with Crippen molar-refractivity contribution in [3.05, 3.63) is 59.9 Å². The molecule has 0 radical (unpaired) electrons. The zero-order chi connectivity index (χ0) is 12.6. The maximum atomic E-state index is 5.64. The van der Waals surface area contributed by atoms with Crippen LogP contribution in [0.25, 0.3) is 0 Å². The van der Waals surface area contributed by atoms with Gasteiger partial charge in [0, 0.05) is 18.3 Å². The summed E-state index contributed by atoms with van der Waals surface area (Å²) in [5, 5.41) is 0. The largest absolute Gasteiger partial charge is 0.494 e. The van der Waals surface area contributed by atoms with Gasteiger partial charge in [0.2, 0.25) is 0 Å². The average Bonchev–Trinajstić information content (AvgIpc) is 2.42. The predicted molar refractivity (Wildman–Crippen MR) is 73.9 cm³/mol. The molecule has 1 aromatic carbocycles. The zero-order valence-corrected chi connectivity index (χ0v) is 10.8. The molecule has 0 bridgehead atoms. The van der Waals surface area contributed by atoms with Gasteiger partial charge in [-0.2, -0.15) is 0 Å². The minimum Gasteiger partial charge on any atom is -0.494 e. The van der Waals surface area contributed by atoms with Crippen LogP contribution in [0.3, 0.4) is 0 Å². The molecule has 0 atom stereocenters. The quantitative estimate of drug-likeness (QED) is 0.717. The van der Waals surface area contributed by atoms with E-state index in [1.807, 2.05) is 36.5 Å². The molecule has 0 spiro atoms. The van der Waals surface area contributed by atoms with E-state index in [1.165, 1.54) is 5.56 Å². The number of rotatable bonds is 6. The molecule has 18 heavy (non-hydrogen) atoms. The molecule has 0 saturated carbocycles. The summed E-state index contributed by atoms with van der Waals surface area (Å²) in [6.45, 7) is 2.97. The monoisotopic (exact) mass is 241 g/mol. The van der Waals surface area contributed by atoms with Crippen molar-refractivity contribution < 1.29 is 4.74 Å². The lowest BCUT2D eigenvalue weighted by molar-refractivity contribution is 0.309. The first-order chi connectivity index (χ1) is 8.88. The standard InChI is InChI=1S/C16H19NO/c1-2-3-12-18-16-9-7-14(8-10-16)13-15-6-4-5-11-17-15/h4-11H,2-3,12-13H2,1H3. The van der Waals surface area contributed by atoms with Gasteiger partial charge in [0.1, 0.15) is 5.75 Å². The Morgan fingerprint density at radius 2 is 1.89 bits per heavy atom.